The van der Waals surface area contributed by atoms with Crippen LogP contribution in [0.3, 0.4) is 0 Å². The first-order chi connectivity index (χ1) is 13.1. The number of anilines is 1. The van der Waals surface area contributed by atoms with E-state index in [4.69, 9.17) is 14.8 Å². The molecule has 0 saturated carbocycles. The lowest BCUT2D eigenvalue weighted by Crippen LogP contribution is -2.10. The normalized spacial score (nSPS) is 11.5. The lowest BCUT2D eigenvalue weighted by atomic mass is 10.2. The van der Waals surface area contributed by atoms with Gasteiger partial charge < -0.3 is 14.8 Å². The molecule has 10 nitrogen and oxygen atoms in total. The third-order valence-electron chi connectivity index (χ3n) is 3.39. The van der Waals surface area contributed by atoms with Crippen LogP contribution in [0.4, 0.5) is 5.69 Å². The summed E-state index contributed by atoms with van der Waals surface area (Å²) in [5, 5.41) is 16.5. The molecule has 140 valence electrons. The quantitative estimate of drug-likeness (QED) is 0.597. The molecule has 0 atom stereocenters. The maximum Gasteiger partial charge on any atom is 0.361 e. The second-order valence-electron chi connectivity index (χ2n) is 5.27. The first-order valence-corrected chi connectivity index (χ1v) is 9.75. The molecule has 0 radical (unpaired) electrons. The van der Waals surface area contributed by atoms with Gasteiger partial charge in [0.2, 0.25) is 17.5 Å². The Morgan fingerprint density at radius 3 is 1.89 bits per heavy atom. The number of nitrogens with two attached hydrogens (primary N) is 1. The number of rotatable bonds is 7. The second-order valence-corrected chi connectivity index (χ2v) is 7.29. The highest BCUT2D eigenvalue weighted by Crippen LogP contribution is 2.46. The van der Waals surface area contributed by atoms with E-state index in [-0.39, 0.29) is 24.9 Å². The van der Waals surface area contributed by atoms with Crippen LogP contribution in [0.15, 0.2) is 36.7 Å². The molecule has 1 aromatic carbocycles. The fourth-order valence-electron chi connectivity index (χ4n) is 2.21. The van der Waals surface area contributed by atoms with Crippen LogP contribution in [0, 0.1) is 0 Å². The number of nitrogen functional groups attached to an aromatic ring is 1. The van der Waals surface area contributed by atoms with Crippen molar-refractivity contribution in [3.8, 4) is 23.0 Å². The van der Waals surface area contributed by atoms with Crippen molar-refractivity contribution >= 4 is 18.6 Å². The number of benzene rings is 1. The Balaban J connectivity index is 1.82. The van der Waals surface area contributed by atoms with Gasteiger partial charge in [-0.2, -0.15) is 0 Å². The van der Waals surface area contributed by atoms with Crippen molar-refractivity contribution in [2.24, 2.45) is 0 Å². The smallest absolute Gasteiger partial charge is 0.361 e. The molecule has 0 unspecified atom stereocenters. The minimum absolute atomic E-state index is 0.188. The van der Waals surface area contributed by atoms with Gasteiger partial charge in [-0.05, 0) is 26.0 Å². The van der Waals surface area contributed by atoms with E-state index in [9.17, 15) is 4.57 Å². The van der Waals surface area contributed by atoms with Gasteiger partial charge in [0.15, 0.2) is 0 Å². The van der Waals surface area contributed by atoms with Crippen LogP contribution in [0.25, 0.3) is 23.0 Å². The molecule has 0 amide bonds. The minimum Gasteiger partial charge on any atom is -0.396 e. The topological polar surface area (TPSA) is 139 Å². The summed E-state index contributed by atoms with van der Waals surface area (Å²) in [6.07, 6.45) is 2.90. The minimum atomic E-state index is -3.33. The first kappa shape index (κ1) is 19.0. The molecule has 0 saturated heterocycles. The van der Waals surface area contributed by atoms with Crippen molar-refractivity contribution in [1.82, 2.24) is 30.4 Å². The molecule has 2 heterocycles. The van der Waals surface area contributed by atoms with Crippen LogP contribution in [-0.4, -0.2) is 43.6 Å². The van der Waals surface area contributed by atoms with E-state index in [0.29, 0.717) is 22.4 Å². The van der Waals surface area contributed by atoms with Crippen molar-refractivity contribution in [3.05, 3.63) is 36.7 Å². The SMILES string of the molecule is CCOP(=O)(OCC)c1ccc(-c2nnc(-c3ncc(N)cn3)nn2)cc1. The van der Waals surface area contributed by atoms with Gasteiger partial charge >= 0.3 is 7.60 Å². The van der Waals surface area contributed by atoms with Crippen LogP contribution >= 0.6 is 7.60 Å². The van der Waals surface area contributed by atoms with Gasteiger partial charge in [0.25, 0.3) is 0 Å². The number of nitrogens with zero attached hydrogens (tertiary/aromatic N) is 6. The summed E-state index contributed by atoms with van der Waals surface area (Å²) in [6.45, 7) is 4.09. The van der Waals surface area contributed by atoms with E-state index in [0.717, 1.165) is 0 Å². The summed E-state index contributed by atoms with van der Waals surface area (Å²) in [6, 6.07) is 6.72. The van der Waals surface area contributed by atoms with Gasteiger partial charge in [0.05, 0.1) is 36.6 Å². The van der Waals surface area contributed by atoms with Crippen molar-refractivity contribution in [2.75, 3.05) is 18.9 Å². The van der Waals surface area contributed by atoms with Crippen LogP contribution in [-0.2, 0) is 13.6 Å². The summed E-state index contributed by atoms with van der Waals surface area (Å²) in [4.78, 5) is 8.05. The zero-order chi connectivity index (χ0) is 19.3. The highest BCUT2D eigenvalue weighted by atomic mass is 31.2. The number of hydrogen-bond acceptors (Lipinski definition) is 10. The molecule has 3 aromatic rings. The molecule has 0 bridgehead atoms. The zero-order valence-electron chi connectivity index (χ0n) is 14.8. The Kier molecular flexibility index (Phi) is 5.80. The Morgan fingerprint density at radius 1 is 0.852 bits per heavy atom. The standard InChI is InChI=1S/C16H18N7O3P/c1-3-25-27(24,26-4-2)13-7-5-11(6-8-13)14-20-22-16(23-21-14)15-18-9-12(17)10-19-15/h5-10H,3-4,17H2,1-2H3. The van der Waals surface area contributed by atoms with Gasteiger partial charge in [-0.3, -0.25) is 4.57 Å². The Labute approximate surface area is 155 Å². The van der Waals surface area contributed by atoms with Gasteiger partial charge in [-0.15, -0.1) is 20.4 Å². The first-order valence-electron chi connectivity index (χ1n) is 8.21. The largest absolute Gasteiger partial charge is 0.396 e. The lowest BCUT2D eigenvalue weighted by molar-refractivity contribution is 0.230. The fourth-order valence-corrected chi connectivity index (χ4v) is 3.77. The third-order valence-corrected chi connectivity index (χ3v) is 5.52. The fraction of sp³-hybridized carbons (Fsp3) is 0.250. The highest BCUT2D eigenvalue weighted by molar-refractivity contribution is 7.62. The molecule has 0 spiro atoms. The Hall–Kier alpha value is -2.81. The second kappa shape index (κ2) is 8.26. The molecule has 2 N–H and O–H groups in total. The third kappa shape index (κ3) is 4.30. The van der Waals surface area contributed by atoms with Crippen molar-refractivity contribution in [2.45, 2.75) is 13.8 Å². The molecule has 0 fully saturated rings. The molecule has 0 aliphatic carbocycles. The summed E-state index contributed by atoms with van der Waals surface area (Å²) < 4.78 is 23.4. The van der Waals surface area contributed by atoms with Crippen LogP contribution in [0.2, 0.25) is 0 Å². The number of aromatic nitrogens is 6. The Bertz CT molecular complexity index is 924. The molecular formula is C16H18N7O3P. The molecule has 2 aromatic heterocycles. The lowest BCUT2D eigenvalue weighted by Gasteiger charge is -2.17. The molecule has 3 rings (SSSR count). The van der Waals surface area contributed by atoms with E-state index >= 15 is 0 Å². The molecule has 0 aliphatic rings. The average molecular weight is 387 g/mol. The summed E-state index contributed by atoms with van der Waals surface area (Å²) in [7, 11) is -3.33. The summed E-state index contributed by atoms with van der Waals surface area (Å²) in [5.41, 5.74) is 6.64. The van der Waals surface area contributed by atoms with E-state index in [2.05, 4.69) is 30.4 Å². The molecular weight excluding hydrogens is 369 g/mol. The molecule has 27 heavy (non-hydrogen) atoms. The maximum atomic E-state index is 12.8. The van der Waals surface area contributed by atoms with E-state index in [1.54, 1.807) is 38.1 Å². The van der Waals surface area contributed by atoms with Gasteiger partial charge in [0.1, 0.15) is 0 Å². The van der Waals surface area contributed by atoms with Gasteiger partial charge in [-0.25, -0.2) is 9.97 Å². The molecule has 0 aliphatic heterocycles. The summed E-state index contributed by atoms with van der Waals surface area (Å²) in [5.74, 6) is 0.774. The highest BCUT2D eigenvalue weighted by Gasteiger charge is 2.26. The predicted molar refractivity (Wildman–Crippen MR) is 99.0 cm³/mol. The maximum absolute atomic E-state index is 12.8. The Morgan fingerprint density at radius 2 is 1.37 bits per heavy atom. The monoisotopic (exact) mass is 387 g/mol. The van der Waals surface area contributed by atoms with E-state index < -0.39 is 7.60 Å². The summed E-state index contributed by atoms with van der Waals surface area (Å²) >= 11 is 0. The van der Waals surface area contributed by atoms with Gasteiger partial charge in [0, 0.05) is 5.56 Å². The average Bonchev–Trinajstić information content (AvgIpc) is 2.69. The number of hydrogen-bond donors (Lipinski definition) is 1. The van der Waals surface area contributed by atoms with Crippen LogP contribution < -0.4 is 11.0 Å². The van der Waals surface area contributed by atoms with Crippen molar-refractivity contribution in [3.63, 3.8) is 0 Å². The van der Waals surface area contributed by atoms with E-state index in [1.165, 1.54) is 12.4 Å². The van der Waals surface area contributed by atoms with Crippen LogP contribution in [0.1, 0.15) is 13.8 Å². The van der Waals surface area contributed by atoms with Gasteiger partial charge in [-0.1, -0.05) is 12.1 Å². The van der Waals surface area contributed by atoms with Crippen molar-refractivity contribution in [1.29, 1.82) is 0 Å². The zero-order valence-corrected chi connectivity index (χ0v) is 15.7. The van der Waals surface area contributed by atoms with Crippen molar-refractivity contribution < 1.29 is 13.6 Å². The molecule has 11 heteroatoms. The van der Waals surface area contributed by atoms with E-state index in [1.807, 2.05) is 0 Å². The predicted octanol–water partition coefficient (Wildman–Crippen LogP) is 1.86. The van der Waals surface area contributed by atoms with Crippen LogP contribution in [0.5, 0.6) is 0 Å².